The van der Waals surface area contributed by atoms with Gasteiger partial charge < -0.3 is 10.6 Å². The first-order valence-corrected chi connectivity index (χ1v) is 7.60. The SMILES string of the molecule is N#C/C(=C/NCc1ccccn1)C(=O)Nc1ccc(Cl)c(C(F)(F)F)c1. The number of carbonyl (C=O) groups excluding carboxylic acids is 1. The standard InChI is InChI=1S/C17H12ClF3N4O/c18-15-5-4-12(7-14(15)17(19,20)21)25-16(26)11(8-22)9-23-10-13-3-1-2-6-24-13/h1-7,9,23H,10H2,(H,25,26)/b11-9-. The van der Waals surface area contributed by atoms with Crippen molar-refractivity contribution in [2.75, 3.05) is 5.32 Å². The van der Waals surface area contributed by atoms with Crippen molar-refractivity contribution in [2.45, 2.75) is 12.7 Å². The number of benzene rings is 1. The van der Waals surface area contributed by atoms with Gasteiger partial charge in [0.25, 0.3) is 5.91 Å². The van der Waals surface area contributed by atoms with Gasteiger partial charge in [-0.3, -0.25) is 9.78 Å². The summed E-state index contributed by atoms with van der Waals surface area (Å²) in [6.07, 6.45) is -1.89. The Bertz CT molecular complexity index is 861. The quantitative estimate of drug-likeness (QED) is 0.609. The number of hydrogen-bond donors (Lipinski definition) is 2. The highest BCUT2D eigenvalue weighted by molar-refractivity contribution is 6.31. The molecule has 5 nitrogen and oxygen atoms in total. The number of anilines is 1. The van der Waals surface area contributed by atoms with Crippen LogP contribution in [0.25, 0.3) is 0 Å². The number of nitrogens with zero attached hydrogens (tertiary/aromatic N) is 2. The van der Waals surface area contributed by atoms with Crippen LogP contribution in [0.1, 0.15) is 11.3 Å². The van der Waals surface area contributed by atoms with E-state index in [1.54, 1.807) is 30.5 Å². The molecule has 0 bridgehead atoms. The Morgan fingerprint density at radius 3 is 2.69 bits per heavy atom. The van der Waals surface area contributed by atoms with Crippen molar-refractivity contribution in [3.05, 3.63) is 70.6 Å². The van der Waals surface area contributed by atoms with Gasteiger partial charge in [-0.25, -0.2) is 0 Å². The second-order valence-electron chi connectivity index (χ2n) is 5.02. The van der Waals surface area contributed by atoms with E-state index >= 15 is 0 Å². The molecule has 26 heavy (non-hydrogen) atoms. The predicted molar refractivity (Wildman–Crippen MR) is 89.9 cm³/mol. The van der Waals surface area contributed by atoms with Gasteiger partial charge in [-0.1, -0.05) is 17.7 Å². The summed E-state index contributed by atoms with van der Waals surface area (Å²) in [5, 5.41) is 13.6. The molecule has 0 spiro atoms. The minimum atomic E-state index is -4.66. The normalized spacial score (nSPS) is 11.6. The van der Waals surface area contributed by atoms with E-state index in [0.717, 1.165) is 6.07 Å². The summed E-state index contributed by atoms with van der Waals surface area (Å²) < 4.78 is 38.5. The zero-order chi connectivity index (χ0) is 19.2. The van der Waals surface area contributed by atoms with Crippen molar-refractivity contribution in [2.24, 2.45) is 0 Å². The van der Waals surface area contributed by atoms with Gasteiger partial charge in [0.2, 0.25) is 0 Å². The number of amides is 1. The number of alkyl halides is 3. The first-order chi connectivity index (χ1) is 12.3. The van der Waals surface area contributed by atoms with Crippen LogP contribution in [0.5, 0.6) is 0 Å². The average molecular weight is 381 g/mol. The van der Waals surface area contributed by atoms with Gasteiger partial charge in [0.05, 0.1) is 22.8 Å². The molecule has 1 amide bonds. The van der Waals surface area contributed by atoms with E-state index in [-0.39, 0.29) is 17.8 Å². The minimum absolute atomic E-state index is 0.127. The van der Waals surface area contributed by atoms with Crippen molar-refractivity contribution in [3.8, 4) is 6.07 Å². The molecule has 0 saturated heterocycles. The Labute approximate surface area is 152 Å². The number of pyridine rings is 1. The van der Waals surface area contributed by atoms with Crippen molar-refractivity contribution < 1.29 is 18.0 Å². The van der Waals surface area contributed by atoms with Gasteiger partial charge >= 0.3 is 6.18 Å². The Kier molecular flexibility index (Phi) is 6.20. The van der Waals surface area contributed by atoms with E-state index in [1.165, 1.54) is 12.3 Å². The van der Waals surface area contributed by atoms with Crippen LogP contribution in [0, 0.1) is 11.3 Å². The number of carbonyl (C=O) groups is 1. The summed E-state index contributed by atoms with van der Waals surface area (Å²) in [7, 11) is 0. The third kappa shape index (κ3) is 5.22. The molecule has 0 radical (unpaired) electrons. The van der Waals surface area contributed by atoms with Crippen molar-refractivity contribution in [3.63, 3.8) is 0 Å². The minimum Gasteiger partial charge on any atom is -0.384 e. The third-order valence-electron chi connectivity index (χ3n) is 3.15. The fraction of sp³-hybridized carbons (Fsp3) is 0.118. The molecular formula is C17H12ClF3N4O. The largest absolute Gasteiger partial charge is 0.417 e. The molecule has 0 fully saturated rings. The van der Waals surface area contributed by atoms with Crippen LogP contribution >= 0.6 is 11.6 Å². The van der Waals surface area contributed by atoms with Crippen LogP contribution in [0.4, 0.5) is 18.9 Å². The molecule has 0 atom stereocenters. The molecule has 1 heterocycles. The number of aromatic nitrogens is 1. The topological polar surface area (TPSA) is 77.8 Å². The van der Waals surface area contributed by atoms with Crippen molar-refractivity contribution >= 4 is 23.2 Å². The van der Waals surface area contributed by atoms with Crippen LogP contribution < -0.4 is 10.6 Å². The smallest absolute Gasteiger partial charge is 0.384 e. The Morgan fingerprint density at radius 2 is 2.08 bits per heavy atom. The number of nitriles is 1. The molecule has 0 unspecified atom stereocenters. The molecule has 0 saturated carbocycles. The molecule has 0 aliphatic rings. The van der Waals surface area contributed by atoms with E-state index < -0.39 is 22.7 Å². The maximum absolute atomic E-state index is 12.8. The molecule has 2 aromatic rings. The third-order valence-corrected chi connectivity index (χ3v) is 3.48. The number of hydrogen-bond acceptors (Lipinski definition) is 4. The molecule has 2 N–H and O–H groups in total. The van der Waals surface area contributed by atoms with Crippen LogP contribution in [0.15, 0.2) is 54.4 Å². The van der Waals surface area contributed by atoms with E-state index in [1.807, 2.05) is 0 Å². The fourth-order valence-electron chi connectivity index (χ4n) is 1.93. The summed E-state index contributed by atoms with van der Waals surface area (Å²) in [6, 6.07) is 9.90. The van der Waals surface area contributed by atoms with E-state index in [9.17, 15) is 18.0 Å². The van der Waals surface area contributed by atoms with Crippen molar-refractivity contribution in [1.82, 2.24) is 10.3 Å². The first-order valence-electron chi connectivity index (χ1n) is 7.23. The highest BCUT2D eigenvalue weighted by atomic mass is 35.5. The van der Waals surface area contributed by atoms with Gasteiger partial charge in [0.1, 0.15) is 11.6 Å². The monoisotopic (exact) mass is 380 g/mol. The summed E-state index contributed by atoms with van der Waals surface area (Å²) in [5.74, 6) is -0.850. The molecule has 2 rings (SSSR count). The lowest BCUT2D eigenvalue weighted by Gasteiger charge is -2.11. The van der Waals surface area contributed by atoms with Crippen LogP contribution in [-0.2, 0) is 17.5 Å². The zero-order valence-corrected chi connectivity index (χ0v) is 13.9. The molecule has 1 aromatic carbocycles. The molecule has 0 aliphatic heterocycles. The molecule has 9 heteroatoms. The van der Waals surface area contributed by atoms with Crippen molar-refractivity contribution in [1.29, 1.82) is 5.26 Å². The average Bonchev–Trinajstić information content (AvgIpc) is 2.60. The number of nitrogens with one attached hydrogen (secondary N) is 2. The Balaban J connectivity index is 2.07. The highest BCUT2D eigenvalue weighted by Crippen LogP contribution is 2.36. The maximum Gasteiger partial charge on any atom is 0.417 e. The van der Waals surface area contributed by atoms with E-state index in [2.05, 4.69) is 15.6 Å². The second kappa shape index (κ2) is 8.36. The van der Waals surface area contributed by atoms with Gasteiger partial charge in [-0.2, -0.15) is 18.4 Å². The van der Waals surface area contributed by atoms with Crippen LogP contribution in [-0.4, -0.2) is 10.9 Å². The Morgan fingerprint density at radius 1 is 1.31 bits per heavy atom. The maximum atomic E-state index is 12.8. The lowest BCUT2D eigenvalue weighted by molar-refractivity contribution is -0.137. The van der Waals surface area contributed by atoms with Crippen LogP contribution in [0.3, 0.4) is 0 Å². The Hall–Kier alpha value is -3.05. The molecular weight excluding hydrogens is 369 g/mol. The van der Waals surface area contributed by atoms with Gasteiger partial charge in [-0.15, -0.1) is 0 Å². The molecule has 134 valence electrons. The van der Waals surface area contributed by atoms with Crippen LogP contribution in [0.2, 0.25) is 5.02 Å². The van der Waals surface area contributed by atoms with E-state index in [0.29, 0.717) is 11.8 Å². The number of rotatable bonds is 5. The summed E-state index contributed by atoms with van der Waals surface area (Å²) in [6.45, 7) is 0.276. The van der Waals surface area contributed by atoms with Gasteiger partial charge in [-0.05, 0) is 30.3 Å². The molecule has 0 aliphatic carbocycles. The fourth-order valence-corrected chi connectivity index (χ4v) is 2.15. The summed E-state index contributed by atoms with van der Waals surface area (Å²) in [4.78, 5) is 16.1. The predicted octanol–water partition coefficient (Wildman–Crippen LogP) is 3.89. The lowest BCUT2D eigenvalue weighted by Crippen LogP contribution is -2.17. The van der Waals surface area contributed by atoms with Gasteiger partial charge in [0, 0.05) is 18.1 Å². The highest BCUT2D eigenvalue weighted by Gasteiger charge is 2.33. The second-order valence-corrected chi connectivity index (χ2v) is 5.43. The lowest BCUT2D eigenvalue weighted by atomic mass is 10.2. The summed E-state index contributed by atoms with van der Waals surface area (Å²) >= 11 is 5.52. The molecule has 1 aromatic heterocycles. The number of halogens is 4. The van der Waals surface area contributed by atoms with Gasteiger partial charge in [0.15, 0.2) is 0 Å². The first kappa shape index (κ1) is 19.3. The van der Waals surface area contributed by atoms with E-state index in [4.69, 9.17) is 16.9 Å². The summed E-state index contributed by atoms with van der Waals surface area (Å²) in [5.41, 5.74) is -0.816. The zero-order valence-electron chi connectivity index (χ0n) is 13.1.